The molecule has 102 valence electrons. The van der Waals surface area contributed by atoms with Crippen LogP contribution in [-0.2, 0) is 16.1 Å². The second-order valence-corrected chi connectivity index (χ2v) is 4.64. The van der Waals surface area contributed by atoms with E-state index in [9.17, 15) is 4.79 Å². The third kappa shape index (κ3) is 5.27. The van der Waals surface area contributed by atoms with Gasteiger partial charge < -0.3 is 10.1 Å². The van der Waals surface area contributed by atoms with Crippen LogP contribution in [0.2, 0.25) is 0 Å². The van der Waals surface area contributed by atoms with Crippen molar-refractivity contribution in [1.29, 1.82) is 0 Å². The molecule has 0 aromatic carbocycles. The van der Waals surface area contributed by atoms with Gasteiger partial charge in [-0.3, -0.25) is 9.48 Å². The predicted molar refractivity (Wildman–Crippen MR) is 67.9 cm³/mol. The summed E-state index contributed by atoms with van der Waals surface area (Å²) in [6.07, 6.45) is 4.40. The molecule has 1 amide bonds. The van der Waals surface area contributed by atoms with Crippen molar-refractivity contribution in [1.82, 2.24) is 20.1 Å². The van der Waals surface area contributed by atoms with Crippen LogP contribution in [0.3, 0.4) is 0 Å². The number of ether oxygens (including phenoxy) is 1. The summed E-state index contributed by atoms with van der Waals surface area (Å²) in [6, 6.07) is 0.0777. The number of aromatic nitrogens is 3. The van der Waals surface area contributed by atoms with Crippen molar-refractivity contribution in [3.8, 4) is 0 Å². The molecule has 0 aliphatic rings. The minimum absolute atomic E-state index is 0.0610. The van der Waals surface area contributed by atoms with Crippen LogP contribution in [0.1, 0.15) is 26.7 Å². The van der Waals surface area contributed by atoms with Gasteiger partial charge in [0, 0.05) is 20.1 Å². The van der Waals surface area contributed by atoms with Crippen LogP contribution in [0.4, 0.5) is 0 Å². The van der Waals surface area contributed by atoms with Crippen LogP contribution in [0.15, 0.2) is 12.7 Å². The first kappa shape index (κ1) is 14.6. The van der Waals surface area contributed by atoms with Gasteiger partial charge in [-0.2, -0.15) is 5.10 Å². The molecule has 0 aliphatic carbocycles. The molecule has 1 aromatic rings. The van der Waals surface area contributed by atoms with Gasteiger partial charge in [0.2, 0.25) is 5.91 Å². The summed E-state index contributed by atoms with van der Waals surface area (Å²) in [7, 11) is 1.65. The molecule has 0 saturated carbocycles. The zero-order valence-corrected chi connectivity index (χ0v) is 11.3. The third-order valence-electron chi connectivity index (χ3n) is 2.75. The highest BCUT2D eigenvalue weighted by Crippen LogP contribution is 2.03. The zero-order chi connectivity index (χ0) is 13.4. The number of aryl methyl sites for hydroxylation is 1. The lowest BCUT2D eigenvalue weighted by atomic mass is 10.1. The number of carbonyl (C=O) groups is 1. The maximum absolute atomic E-state index is 11.7. The van der Waals surface area contributed by atoms with Gasteiger partial charge in [-0.25, -0.2) is 4.98 Å². The highest BCUT2D eigenvalue weighted by molar-refractivity contribution is 5.76. The summed E-state index contributed by atoms with van der Waals surface area (Å²) >= 11 is 0. The molecule has 6 nitrogen and oxygen atoms in total. The van der Waals surface area contributed by atoms with E-state index < -0.39 is 0 Å². The van der Waals surface area contributed by atoms with E-state index in [-0.39, 0.29) is 11.9 Å². The molecule has 1 unspecified atom stereocenters. The van der Waals surface area contributed by atoms with Gasteiger partial charge in [-0.15, -0.1) is 0 Å². The van der Waals surface area contributed by atoms with Crippen molar-refractivity contribution >= 4 is 5.91 Å². The molecule has 1 aromatic heterocycles. The van der Waals surface area contributed by atoms with E-state index >= 15 is 0 Å². The van der Waals surface area contributed by atoms with Crippen LogP contribution >= 0.6 is 0 Å². The van der Waals surface area contributed by atoms with Crippen LogP contribution in [0.25, 0.3) is 0 Å². The first-order chi connectivity index (χ1) is 8.63. The van der Waals surface area contributed by atoms with Crippen molar-refractivity contribution in [2.24, 2.45) is 5.92 Å². The van der Waals surface area contributed by atoms with Crippen molar-refractivity contribution < 1.29 is 9.53 Å². The number of nitrogens with one attached hydrogen (secondary N) is 1. The second-order valence-electron chi connectivity index (χ2n) is 4.64. The van der Waals surface area contributed by atoms with Gasteiger partial charge in [0.1, 0.15) is 12.7 Å². The van der Waals surface area contributed by atoms with Gasteiger partial charge >= 0.3 is 0 Å². The Bertz CT molecular complexity index is 338. The van der Waals surface area contributed by atoms with Crippen LogP contribution in [-0.4, -0.2) is 40.4 Å². The number of rotatable bonds is 8. The third-order valence-corrected chi connectivity index (χ3v) is 2.75. The summed E-state index contributed by atoms with van der Waals surface area (Å²) in [5, 5.41) is 6.97. The van der Waals surface area contributed by atoms with Crippen molar-refractivity contribution in [3.05, 3.63) is 12.7 Å². The minimum atomic E-state index is 0.0610. The standard InChI is InChI=1S/C12H22N4O2/c1-10(2)11(7-18-3)15-12(17)5-4-6-16-9-13-8-14-16/h8-11H,4-7H2,1-3H3,(H,15,17). The number of nitrogens with zero attached hydrogens (tertiary/aromatic N) is 3. The molecule has 0 spiro atoms. The average molecular weight is 254 g/mol. The minimum Gasteiger partial charge on any atom is -0.383 e. The molecule has 0 aliphatic heterocycles. The van der Waals surface area contributed by atoms with Gasteiger partial charge in [0.05, 0.1) is 12.6 Å². The molecule has 1 heterocycles. The fourth-order valence-electron chi connectivity index (χ4n) is 1.61. The summed E-state index contributed by atoms with van der Waals surface area (Å²) in [6.45, 7) is 5.40. The van der Waals surface area contributed by atoms with Gasteiger partial charge in [0.15, 0.2) is 0 Å². The monoisotopic (exact) mass is 254 g/mol. The van der Waals surface area contributed by atoms with Gasteiger partial charge in [-0.05, 0) is 12.3 Å². The number of hydrogen-bond acceptors (Lipinski definition) is 4. The van der Waals surface area contributed by atoms with E-state index in [1.54, 1.807) is 18.1 Å². The molecule has 1 rings (SSSR count). The lowest BCUT2D eigenvalue weighted by molar-refractivity contribution is -0.122. The first-order valence-corrected chi connectivity index (χ1v) is 6.24. The number of amides is 1. The lowest BCUT2D eigenvalue weighted by Crippen LogP contribution is -2.41. The quantitative estimate of drug-likeness (QED) is 0.746. The van der Waals surface area contributed by atoms with Crippen molar-refractivity contribution in [2.45, 2.75) is 39.3 Å². The number of methoxy groups -OCH3 is 1. The molecule has 0 saturated heterocycles. The Kier molecular flexibility index (Phi) is 6.35. The van der Waals surface area contributed by atoms with Crippen LogP contribution < -0.4 is 5.32 Å². The summed E-state index contributed by atoms with van der Waals surface area (Å²) < 4.78 is 6.82. The largest absolute Gasteiger partial charge is 0.383 e. The smallest absolute Gasteiger partial charge is 0.220 e. The van der Waals surface area contributed by atoms with Gasteiger partial charge in [0.25, 0.3) is 0 Å². The predicted octanol–water partition coefficient (Wildman–Crippen LogP) is 0.845. The summed E-state index contributed by atoms with van der Waals surface area (Å²) in [4.78, 5) is 15.6. The van der Waals surface area contributed by atoms with E-state index in [1.165, 1.54) is 6.33 Å². The Morgan fingerprint density at radius 1 is 1.50 bits per heavy atom. The average Bonchev–Trinajstić information content (AvgIpc) is 2.81. The highest BCUT2D eigenvalue weighted by atomic mass is 16.5. The topological polar surface area (TPSA) is 69.0 Å². The number of carbonyl (C=O) groups excluding carboxylic acids is 1. The fraction of sp³-hybridized carbons (Fsp3) is 0.750. The molecule has 1 atom stereocenters. The Labute approximate surface area is 108 Å². The molecular weight excluding hydrogens is 232 g/mol. The van der Waals surface area contributed by atoms with E-state index in [2.05, 4.69) is 29.2 Å². The van der Waals surface area contributed by atoms with Crippen molar-refractivity contribution in [2.75, 3.05) is 13.7 Å². The Balaban J connectivity index is 2.23. The van der Waals surface area contributed by atoms with E-state index in [4.69, 9.17) is 4.74 Å². The molecule has 0 radical (unpaired) electrons. The van der Waals surface area contributed by atoms with Crippen LogP contribution in [0, 0.1) is 5.92 Å². The maximum atomic E-state index is 11.7. The maximum Gasteiger partial charge on any atom is 0.220 e. The van der Waals surface area contributed by atoms with Crippen molar-refractivity contribution in [3.63, 3.8) is 0 Å². The van der Waals surface area contributed by atoms with E-state index in [0.717, 1.165) is 6.42 Å². The molecule has 1 N–H and O–H groups in total. The summed E-state index contributed by atoms with van der Waals surface area (Å²) in [5.41, 5.74) is 0. The second kappa shape index (κ2) is 7.81. The molecular formula is C12H22N4O2. The lowest BCUT2D eigenvalue weighted by Gasteiger charge is -2.21. The summed E-state index contributed by atoms with van der Waals surface area (Å²) in [5.74, 6) is 0.426. The molecule has 18 heavy (non-hydrogen) atoms. The normalized spacial score (nSPS) is 12.7. The van der Waals surface area contributed by atoms with Gasteiger partial charge in [-0.1, -0.05) is 13.8 Å². The SMILES string of the molecule is COCC(NC(=O)CCCn1cncn1)C(C)C. The fourth-order valence-corrected chi connectivity index (χ4v) is 1.61. The zero-order valence-electron chi connectivity index (χ0n) is 11.3. The molecule has 6 heteroatoms. The Hall–Kier alpha value is -1.43. The molecule has 0 bridgehead atoms. The number of hydrogen-bond donors (Lipinski definition) is 1. The van der Waals surface area contributed by atoms with E-state index in [0.29, 0.717) is 25.5 Å². The first-order valence-electron chi connectivity index (χ1n) is 6.24. The molecule has 0 fully saturated rings. The Morgan fingerprint density at radius 3 is 2.83 bits per heavy atom. The van der Waals surface area contributed by atoms with E-state index in [1.807, 2.05) is 0 Å². The van der Waals surface area contributed by atoms with Crippen LogP contribution in [0.5, 0.6) is 0 Å². The Morgan fingerprint density at radius 2 is 2.28 bits per heavy atom. The highest BCUT2D eigenvalue weighted by Gasteiger charge is 2.15.